The molecule has 7 nitrogen and oxygen atoms in total. The summed E-state index contributed by atoms with van der Waals surface area (Å²) in [4.78, 5) is 37.9. The quantitative estimate of drug-likeness (QED) is 0.532. The summed E-state index contributed by atoms with van der Waals surface area (Å²) in [5.41, 5.74) is 2.82. The predicted octanol–water partition coefficient (Wildman–Crippen LogP) is 4.32. The second kappa shape index (κ2) is 9.39. The van der Waals surface area contributed by atoms with Crippen molar-refractivity contribution < 1.29 is 14.7 Å². The lowest BCUT2D eigenvalue weighted by molar-refractivity contribution is 0.0698. The van der Waals surface area contributed by atoms with Crippen molar-refractivity contribution in [2.75, 3.05) is 5.88 Å². The third-order valence-corrected chi connectivity index (χ3v) is 5.64. The van der Waals surface area contributed by atoms with Crippen LogP contribution >= 0.6 is 11.6 Å². The number of carbonyl (C=O) groups is 2. The number of carboxylic acids is 1. The second-order valence-electron chi connectivity index (χ2n) is 7.75. The summed E-state index contributed by atoms with van der Waals surface area (Å²) in [6, 6.07) is 9.85. The average Bonchev–Trinajstić information content (AvgIpc) is 3.02. The first-order valence-electron chi connectivity index (χ1n) is 10.2. The molecule has 0 saturated heterocycles. The highest BCUT2D eigenvalue weighted by Crippen LogP contribution is 2.22. The third kappa shape index (κ3) is 4.37. The molecule has 1 heterocycles. The maximum Gasteiger partial charge on any atom is 0.344 e. The summed E-state index contributed by atoms with van der Waals surface area (Å²) in [6.07, 6.45) is 0.474. The highest BCUT2D eigenvalue weighted by molar-refractivity contribution is 6.17. The van der Waals surface area contributed by atoms with Crippen LogP contribution < -0.4 is 10.9 Å². The smallest absolute Gasteiger partial charge is 0.344 e. The van der Waals surface area contributed by atoms with Crippen LogP contribution in [0.15, 0.2) is 41.2 Å². The van der Waals surface area contributed by atoms with Crippen LogP contribution in [0.3, 0.4) is 0 Å². The van der Waals surface area contributed by atoms with E-state index in [0.29, 0.717) is 12.3 Å². The van der Waals surface area contributed by atoms with Crippen LogP contribution in [0.2, 0.25) is 0 Å². The van der Waals surface area contributed by atoms with Gasteiger partial charge in [0, 0.05) is 19.0 Å². The van der Waals surface area contributed by atoms with Crippen molar-refractivity contribution in [2.45, 2.75) is 46.2 Å². The highest BCUT2D eigenvalue weighted by atomic mass is 35.5. The summed E-state index contributed by atoms with van der Waals surface area (Å²) in [6.45, 7) is 6.65. The number of nitrogens with one attached hydrogen (secondary N) is 1. The van der Waals surface area contributed by atoms with Crippen LogP contribution in [-0.4, -0.2) is 32.4 Å². The number of aryl methyl sites for hydroxylation is 2. The molecule has 1 amide bonds. The van der Waals surface area contributed by atoms with E-state index >= 15 is 0 Å². The number of aromatic nitrogens is 2. The summed E-state index contributed by atoms with van der Waals surface area (Å²) in [5.74, 6) is -0.571. The molecule has 8 heteroatoms. The summed E-state index contributed by atoms with van der Waals surface area (Å²) in [7, 11) is 0. The van der Waals surface area contributed by atoms with Gasteiger partial charge in [0.2, 0.25) is 0 Å². The molecule has 2 aromatic carbocycles. The van der Waals surface area contributed by atoms with Crippen molar-refractivity contribution in [3.05, 3.63) is 69.0 Å². The highest BCUT2D eigenvalue weighted by Gasteiger charge is 2.23. The van der Waals surface area contributed by atoms with E-state index in [4.69, 9.17) is 11.6 Å². The maximum absolute atomic E-state index is 13.1. The Morgan fingerprint density at radius 1 is 1.16 bits per heavy atom. The molecule has 0 aliphatic heterocycles. The Kier molecular flexibility index (Phi) is 6.85. The lowest BCUT2D eigenvalue weighted by atomic mass is 9.94. The fourth-order valence-electron chi connectivity index (χ4n) is 3.86. The summed E-state index contributed by atoms with van der Waals surface area (Å²) in [5, 5.41) is 12.6. The first kappa shape index (κ1) is 22.6. The SMILES string of the molecule is Cc1cccc(C(C)C)c1CNC(=O)n1c(=O)c2cccc(C(=O)O)c2n1CCCCl. The molecule has 0 radical (unpaired) electrons. The normalized spacial score (nSPS) is 11.3. The number of fused-ring (bicyclic) bond motifs is 1. The predicted molar refractivity (Wildman–Crippen MR) is 121 cm³/mol. The van der Waals surface area contributed by atoms with Crippen molar-refractivity contribution in [3.63, 3.8) is 0 Å². The van der Waals surface area contributed by atoms with Crippen molar-refractivity contribution in [3.8, 4) is 0 Å². The number of benzene rings is 2. The van der Waals surface area contributed by atoms with Crippen LogP contribution in [0.4, 0.5) is 4.79 Å². The van der Waals surface area contributed by atoms with E-state index in [2.05, 4.69) is 19.2 Å². The van der Waals surface area contributed by atoms with Gasteiger partial charge in [0.25, 0.3) is 5.56 Å². The molecular weight excluding hydrogens is 418 g/mol. The minimum Gasteiger partial charge on any atom is -0.478 e. The van der Waals surface area contributed by atoms with Crippen molar-refractivity contribution in [1.29, 1.82) is 0 Å². The van der Waals surface area contributed by atoms with Gasteiger partial charge in [-0.3, -0.25) is 9.48 Å². The van der Waals surface area contributed by atoms with E-state index in [-0.39, 0.29) is 35.5 Å². The number of carbonyl (C=O) groups excluding carboxylic acids is 1. The molecule has 0 aliphatic rings. The average molecular weight is 444 g/mol. The number of carboxylic acid groups (broad SMARTS) is 1. The standard InChI is InChI=1S/C23H26ClN3O4/c1-14(2)16-8-4-7-15(3)19(16)13-25-23(31)27-21(28)17-9-5-10-18(22(29)30)20(17)26(27)12-6-11-24/h4-5,7-10,14H,6,11-13H2,1-3H3,(H,25,31)(H,29,30). The number of hydrogen-bond acceptors (Lipinski definition) is 3. The van der Waals surface area contributed by atoms with Gasteiger partial charge in [0.05, 0.1) is 16.5 Å². The van der Waals surface area contributed by atoms with E-state index in [1.165, 1.54) is 22.9 Å². The molecule has 1 aromatic heterocycles. The minimum absolute atomic E-state index is 0.0308. The first-order valence-corrected chi connectivity index (χ1v) is 10.7. The molecule has 2 N–H and O–H groups in total. The summed E-state index contributed by atoms with van der Waals surface area (Å²) >= 11 is 5.83. The van der Waals surface area contributed by atoms with Gasteiger partial charge >= 0.3 is 12.0 Å². The maximum atomic E-state index is 13.1. The molecule has 3 aromatic rings. The molecule has 0 unspecified atom stereocenters. The van der Waals surface area contributed by atoms with Crippen LogP contribution in [0, 0.1) is 6.92 Å². The molecule has 0 spiro atoms. The first-order chi connectivity index (χ1) is 14.8. The molecule has 0 bridgehead atoms. The third-order valence-electron chi connectivity index (χ3n) is 5.37. The zero-order chi connectivity index (χ0) is 22.7. The topological polar surface area (TPSA) is 93.3 Å². The Morgan fingerprint density at radius 3 is 2.52 bits per heavy atom. The minimum atomic E-state index is -1.16. The van der Waals surface area contributed by atoms with Gasteiger partial charge in [-0.2, -0.15) is 4.68 Å². The number of para-hydroxylation sites is 1. The fraction of sp³-hybridized carbons (Fsp3) is 0.348. The lowest BCUT2D eigenvalue weighted by Gasteiger charge is -2.17. The van der Waals surface area contributed by atoms with Gasteiger partial charge in [-0.15, -0.1) is 11.6 Å². The van der Waals surface area contributed by atoms with Crippen LogP contribution in [-0.2, 0) is 13.1 Å². The van der Waals surface area contributed by atoms with Crippen LogP contribution in [0.25, 0.3) is 10.9 Å². The van der Waals surface area contributed by atoms with Crippen molar-refractivity contribution >= 4 is 34.5 Å². The van der Waals surface area contributed by atoms with Gasteiger partial charge in [-0.05, 0) is 48.1 Å². The molecule has 0 aliphatic carbocycles. The van der Waals surface area contributed by atoms with Gasteiger partial charge in [0.1, 0.15) is 0 Å². The van der Waals surface area contributed by atoms with Gasteiger partial charge in [0.15, 0.2) is 0 Å². The monoisotopic (exact) mass is 443 g/mol. The van der Waals surface area contributed by atoms with Crippen molar-refractivity contribution in [2.24, 2.45) is 0 Å². The zero-order valence-electron chi connectivity index (χ0n) is 17.8. The van der Waals surface area contributed by atoms with E-state index in [0.717, 1.165) is 21.4 Å². The number of alkyl halides is 1. The second-order valence-corrected chi connectivity index (χ2v) is 8.12. The molecule has 31 heavy (non-hydrogen) atoms. The van der Waals surface area contributed by atoms with Crippen LogP contribution in [0.1, 0.15) is 53.2 Å². The van der Waals surface area contributed by atoms with Gasteiger partial charge in [-0.25, -0.2) is 9.59 Å². The van der Waals surface area contributed by atoms with E-state index in [1.807, 2.05) is 25.1 Å². The fourth-order valence-corrected chi connectivity index (χ4v) is 3.98. The summed E-state index contributed by atoms with van der Waals surface area (Å²) < 4.78 is 2.40. The molecule has 3 rings (SSSR count). The van der Waals surface area contributed by atoms with Gasteiger partial charge < -0.3 is 10.4 Å². The Labute approximate surface area is 185 Å². The molecule has 0 atom stereocenters. The number of rotatable bonds is 7. The molecule has 0 fully saturated rings. The van der Waals surface area contributed by atoms with E-state index in [9.17, 15) is 19.5 Å². The number of aromatic carboxylic acids is 1. The molecular formula is C23H26ClN3O4. The van der Waals surface area contributed by atoms with E-state index in [1.54, 1.807) is 0 Å². The molecule has 0 saturated carbocycles. The van der Waals surface area contributed by atoms with Crippen molar-refractivity contribution in [1.82, 2.24) is 14.7 Å². The number of nitrogens with zero attached hydrogens (tertiary/aromatic N) is 2. The zero-order valence-corrected chi connectivity index (χ0v) is 18.6. The van der Waals surface area contributed by atoms with Crippen LogP contribution in [0.5, 0.6) is 0 Å². The van der Waals surface area contributed by atoms with E-state index < -0.39 is 17.6 Å². The Bertz CT molecular complexity index is 1190. The Hall–Kier alpha value is -3.06. The Balaban J connectivity index is 2.06. The number of halogens is 1. The largest absolute Gasteiger partial charge is 0.478 e. The number of hydrogen-bond donors (Lipinski definition) is 2. The van der Waals surface area contributed by atoms with Gasteiger partial charge in [-0.1, -0.05) is 38.1 Å². The molecule has 164 valence electrons. The lowest BCUT2D eigenvalue weighted by Crippen LogP contribution is -2.38. The number of amides is 1. The Morgan fingerprint density at radius 2 is 1.87 bits per heavy atom.